The number of hydrogen-bond acceptors (Lipinski definition) is 4. The van der Waals surface area contributed by atoms with Gasteiger partial charge in [-0.1, -0.05) is 38.2 Å². The third-order valence-electron chi connectivity index (χ3n) is 4.37. The number of unbranched alkanes of at least 4 members (excludes halogenated alkanes) is 6. The zero-order valence-electron chi connectivity index (χ0n) is 13.5. The van der Waals surface area contributed by atoms with Crippen molar-refractivity contribution >= 4 is 17.9 Å². The second-order valence-electron chi connectivity index (χ2n) is 6.05. The number of ether oxygens (including phenoxy) is 1. The van der Waals surface area contributed by atoms with E-state index in [1.54, 1.807) is 0 Å². The lowest BCUT2D eigenvalue weighted by atomic mass is 9.81. The highest BCUT2D eigenvalue weighted by Crippen LogP contribution is 2.37. The third kappa shape index (κ3) is 5.37. The van der Waals surface area contributed by atoms with Crippen LogP contribution in [-0.2, 0) is 19.1 Å². The van der Waals surface area contributed by atoms with Crippen LogP contribution in [0.3, 0.4) is 0 Å². The molecule has 6 heteroatoms. The van der Waals surface area contributed by atoms with Gasteiger partial charge < -0.3 is 14.9 Å². The Morgan fingerprint density at radius 3 is 2.26 bits per heavy atom. The quantitative estimate of drug-likeness (QED) is 0.324. The molecule has 1 heterocycles. The number of cyclic esters (lactones) is 1. The molecule has 23 heavy (non-hydrogen) atoms. The fourth-order valence-electron chi connectivity index (χ4n) is 3.04. The highest BCUT2D eigenvalue weighted by Gasteiger charge is 2.56. The van der Waals surface area contributed by atoms with E-state index in [9.17, 15) is 24.6 Å². The van der Waals surface area contributed by atoms with Crippen molar-refractivity contribution in [1.29, 1.82) is 0 Å². The number of carboxylic acid groups (broad SMARTS) is 2. The number of carbonyl (C=O) groups excluding carboxylic acids is 1. The van der Waals surface area contributed by atoms with Crippen molar-refractivity contribution in [2.75, 3.05) is 0 Å². The molecule has 0 aromatic rings. The molecule has 0 spiro atoms. The van der Waals surface area contributed by atoms with E-state index < -0.39 is 29.4 Å². The summed E-state index contributed by atoms with van der Waals surface area (Å²) in [5.74, 6) is -4.40. The van der Waals surface area contributed by atoms with E-state index in [0.717, 1.165) is 38.5 Å². The van der Waals surface area contributed by atoms with Gasteiger partial charge in [-0.25, -0.2) is 4.79 Å². The predicted molar refractivity (Wildman–Crippen MR) is 84.0 cm³/mol. The Kier molecular flexibility index (Phi) is 7.78. The maximum atomic E-state index is 11.5. The molecule has 1 aliphatic rings. The van der Waals surface area contributed by atoms with E-state index >= 15 is 0 Å². The van der Waals surface area contributed by atoms with Crippen LogP contribution in [0.1, 0.15) is 64.2 Å². The molecule has 2 N–H and O–H groups in total. The molecule has 0 aromatic heterocycles. The SMILES string of the molecule is C=CCCCCCCCC[C@H](C(=O)O)[C@@]1(C(=O)O)CCC(=O)O1. The van der Waals surface area contributed by atoms with Crippen molar-refractivity contribution in [3.05, 3.63) is 12.7 Å². The molecule has 130 valence electrons. The number of allylic oxidation sites excluding steroid dienone is 1. The van der Waals surface area contributed by atoms with E-state index in [-0.39, 0.29) is 19.3 Å². The summed E-state index contributed by atoms with van der Waals surface area (Å²) in [6, 6.07) is 0. The number of carboxylic acids is 2. The molecular formula is C17H26O6. The summed E-state index contributed by atoms with van der Waals surface area (Å²) in [4.78, 5) is 34.3. The molecule has 0 aliphatic carbocycles. The first-order chi connectivity index (χ1) is 10.9. The molecule has 0 radical (unpaired) electrons. The summed E-state index contributed by atoms with van der Waals surface area (Å²) in [5, 5.41) is 18.7. The van der Waals surface area contributed by atoms with Crippen LogP contribution in [0.15, 0.2) is 12.7 Å². The highest BCUT2D eigenvalue weighted by molar-refractivity contribution is 5.90. The fraction of sp³-hybridized carbons (Fsp3) is 0.706. The van der Waals surface area contributed by atoms with Crippen molar-refractivity contribution < 1.29 is 29.3 Å². The van der Waals surface area contributed by atoms with Gasteiger partial charge in [0.2, 0.25) is 5.60 Å². The van der Waals surface area contributed by atoms with E-state index in [1.807, 2.05) is 6.08 Å². The summed E-state index contributed by atoms with van der Waals surface area (Å²) in [7, 11) is 0. The lowest BCUT2D eigenvalue weighted by molar-refractivity contribution is -0.182. The van der Waals surface area contributed by atoms with Gasteiger partial charge in [-0.2, -0.15) is 0 Å². The number of hydrogen-bond donors (Lipinski definition) is 2. The molecular weight excluding hydrogens is 300 g/mol. The second-order valence-corrected chi connectivity index (χ2v) is 6.05. The summed E-state index contributed by atoms with van der Waals surface area (Å²) in [6.45, 7) is 3.67. The van der Waals surface area contributed by atoms with Crippen LogP contribution >= 0.6 is 0 Å². The first-order valence-corrected chi connectivity index (χ1v) is 8.23. The van der Waals surface area contributed by atoms with Crippen molar-refractivity contribution in [2.24, 2.45) is 5.92 Å². The van der Waals surface area contributed by atoms with Crippen LogP contribution in [0, 0.1) is 5.92 Å². The standard InChI is InChI=1S/C17H26O6/c1-2-3-4-5-6-7-8-9-10-13(15(19)20)17(16(21)22)12-11-14(18)23-17/h2,13H,1,3-12H2,(H,19,20)(H,21,22)/t13-,17-/m1/s1. The Labute approximate surface area is 136 Å². The molecule has 0 unspecified atom stereocenters. The molecule has 1 aliphatic heterocycles. The van der Waals surface area contributed by atoms with Gasteiger partial charge in [0.15, 0.2) is 0 Å². The van der Waals surface area contributed by atoms with E-state index in [0.29, 0.717) is 6.42 Å². The van der Waals surface area contributed by atoms with E-state index in [1.165, 1.54) is 0 Å². The van der Waals surface area contributed by atoms with Crippen LogP contribution < -0.4 is 0 Å². The summed E-state index contributed by atoms with van der Waals surface area (Å²) in [5.41, 5.74) is -1.90. The number of carbonyl (C=O) groups is 3. The first kappa shape index (κ1) is 19.2. The Morgan fingerprint density at radius 1 is 1.17 bits per heavy atom. The molecule has 2 atom stereocenters. The van der Waals surface area contributed by atoms with Gasteiger partial charge in [0.05, 0.1) is 0 Å². The van der Waals surface area contributed by atoms with Crippen LogP contribution in [0.25, 0.3) is 0 Å². The van der Waals surface area contributed by atoms with Crippen LogP contribution in [0.2, 0.25) is 0 Å². The molecule has 1 fully saturated rings. The Hall–Kier alpha value is -1.85. The molecule has 6 nitrogen and oxygen atoms in total. The first-order valence-electron chi connectivity index (χ1n) is 8.23. The number of aliphatic carboxylic acids is 2. The molecule has 0 saturated carbocycles. The van der Waals surface area contributed by atoms with Gasteiger partial charge >= 0.3 is 17.9 Å². The van der Waals surface area contributed by atoms with Crippen molar-refractivity contribution in [3.8, 4) is 0 Å². The van der Waals surface area contributed by atoms with E-state index in [4.69, 9.17) is 4.74 Å². The Morgan fingerprint density at radius 2 is 1.78 bits per heavy atom. The maximum Gasteiger partial charge on any atom is 0.349 e. The van der Waals surface area contributed by atoms with Crippen molar-refractivity contribution in [1.82, 2.24) is 0 Å². The maximum absolute atomic E-state index is 11.5. The van der Waals surface area contributed by atoms with Crippen LogP contribution in [-0.4, -0.2) is 33.7 Å². The Bertz CT molecular complexity index is 444. The smallest absolute Gasteiger partial charge is 0.349 e. The molecule has 0 bridgehead atoms. The van der Waals surface area contributed by atoms with Crippen molar-refractivity contribution in [2.45, 2.75) is 69.8 Å². The normalized spacial score (nSPS) is 21.7. The Balaban J connectivity index is 2.46. The summed E-state index contributed by atoms with van der Waals surface area (Å²) >= 11 is 0. The average molecular weight is 326 g/mol. The van der Waals surface area contributed by atoms with Gasteiger partial charge in [-0.05, 0) is 19.3 Å². The van der Waals surface area contributed by atoms with Gasteiger partial charge in [-0.15, -0.1) is 6.58 Å². The molecule has 0 aromatic carbocycles. The monoisotopic (exact) mass is 326 g/mol. The van der Waals surface area contributed by atoms with E-state index in [2.05, 4.69) is 6.58 Å². The topological polar surface area (TPSA) is 101 Å². The van der Waals surface area contributed by atoms with Gasteiger partial charge in [0, 0.05) is 12.8 Å². The minimum Gasteiger partial charge on any atom is -0.481 e. The zero-order chi connectivity index (χ0) is 17.3. The minimum absolute atomic E-state index is 0.0423. The third-order valence-corrected chi connectivity index (χ3v) is 4.37. The predicted octanol–water partition coefficient (Wildman–Crippen LogP) is 3.15. The van der Waals surface area contributed by atoms with Gasteiger partial charge in [0.1, 0.15) is 5.92 Å². The fourth-order valence-corrected chi connectivity index (χ4v) is 3.04. The van der Waals surface area contributed by atoms with Gasteiger partial charge in [-0.3, -0.25) is 9.59 Å². The summed E-state index contributed by atoms with van der Waals surface area (Å²) in [6.07, 6.45) is 8.75. The molecule has 1 rings (SSSR count). The second kappa shape index (κ2) is 9.33. The number of rotatable bonds is 12. The van der Waals surface area contributed by atoms with Crippen molar-refractivity contribution in [3.63, 3.8) is 0 Å². The van der Waals surface area contributed by atoms with Gasteiger partial charge in [0.25, 0.3) is 0 Å². The number of esters is 1. The highest BCUT2D eigenvalue weighted by atomic mass is 16.6. The zero-order valence-corrected chi connectivity index (χ0v) is 13.5. The van der Waals surface area contributed by atoms with Crippen LogP contribution in [0.4, 0.5) is 0 Å². The summed E-state index contributed by atoms with van der Waals surface area (Å²) < 4.78 is 4.93. The lowest BCUT2D eigenvalue weighted by Crippen LogP contribution is -2.49. The lowest BCUT2D eigenvalue weighted by Gasteiger charge is -2.29. The minimum atomic E-state index is -1.90. The molecule has 1 saturated heterocycles. The molecule has 0 amide bonds. The van der Waals surface area contributed by atoms with Crippen LogP contribution in [0.5, 0.6) is 0 Å². The average Bonchev–Trinajstić information content (AvgIpc) is 2.88. The largest absolute Gasteiger partial charge is 0.481 e.